The maximum Gasteiger partial charge on any atom is 0.289 e. The quantitative estimate of drug-likeness (QED) is 0.648. The minimum absolute atomic E-state index is 0.0649. The van der Waals surface area contributed by atoms with Gasteiger partial charge in [0.15, 0.2) is 5.76 Å². The molecule has 0 bridgehead atoms. The number of nitrogens with two attached hydrogens (primary N) is 1. The number of nitrogens with zero attached hydrogens (tertiary/aromatic N) is 2. The average molecular weight is 435 g/mol. The van der Waals surface area contributed by atoms with Gasteiger partial charge in [-0.1, -0.05) is 12.1 Å². The minimum Gasteiger partial charge on any atom is -0.456 e. The second kappa shape index (κ2) is 9.41. The molecule has 1 aromatic carbocycles. The van der Waals surface area contributed by atoms with Gasteiger partial charge in [-0.15, -0.1) is 0 Å². The Morgan fingerprint density at radius 2 is 1.73 bits per heavy atom. The zero-order valence-electron chi connectivity index (χ0n) is 16.8. The lowest BCUT2D eigenvalue weighted by Gasteiger charge is -2.33. The van der Waals surface area contributed by atoms with Crippen LogP contribution in [0.15, 0.2) is 45.7 Å². The second-order valence-corrected chi connectivity index (χ2v) is 8.83. The van der Waals surface area contributed by atoms with Crippen LogP contribution in [0, 0.1) is 6.92 Å². The average Bonchev–Trinajstić information content (AvgIpc) is 3.14. The summed E-state index contributed by atoms with van der Waals surface area (Å²) in [5.41, 5.74) is 0.906. The molecule has 2 amide bonds. The summed E-state index contributed by atoms with van der Waals surface area (Å²) in [6, 6.07) is 9.72. The standard InChI is InChI=1S/C20H26N4O5S/c1-15-2-7-18(29-15)20(26)24-12-10-23(11-13-24)14-19(25)22-9-8-16-3-5-17(6-4-16)30(21,27)28/h2-7H,8-14H2,1H3,(H,22,25)(H2,21,27,28). The molecule has 1 aromatic heterocycles. The van der Waals surface area contributed by atoms with Gasteiger partial charge < -0.3 is 14.6 Å². The van der Waals surface area contributed by atoms with Crippen LogP contribution in [0.2, 0.25) is 0 Å². The van der Waals surface area contributed by atoms with Gasteiger partial charge in [0.25, 0.3) is 5.91 Å². The first-order chi connectivity index (χ1) is 14.2. The summed E-state index contributed by atoms with van der Waals surface area (Å²) in [7, 11) is -3.70. The van der Waals surface area contributed by atoms with Crippen LogP contribution in [-0.4, -0.2) is 69.3 Å². The number of amides is 2. The highest BCUT2D eigenvalue weighted by Crippen LogP contribution is 2.12. The van der Waals surface area contributed by atoms with Crippen molar-refractivity contribution >= 4 is 21.8 Å². The summed E-state index contributed by atoms with van der Waals surface area (Å²) in [4.78, 5) is 28.4. The molecule has 3 rings (SSSR count). The number of aryl methyl sites for hydroxylation is 1. The van der Waals surface area contributed by atoms with E-state index < -0.39 is 10.0 Å². The van der Waals surface area contributed by atoms with Crippen LogP contribution in [-0.2, 0) is 21.2 Å². The fourth-order valence-corrected chi connectivity index (χ4v) is 3.78. The van der Waals surface area contributed by atoms with Crippen LogP contribution in [0.3, 0.4) is 0 Å². The molecule has 0 spiro atoms. The third kappa shape index (κ3) is 5.91. The van der Waals surface area contributed by atoms with Crippen LogP contribution >= 0.6 is 0 Å². The number of benzene rings is 1. The van der Waals surface area contributed by atoms with E-state index in [2.05, 4.69) is 5.32 Å². The van der Waals surface area contributed by atoms with Gasteiger partial charge in [-0.3, -0.25) is 14.5 Å². The molecule has 9 nitrogen and oxygen atoms in total. The molecule has 162 valence electrons. The van der Waals surface area contributed by atoms with E-state index >= 15 is 0 Å². The predicted octanol–water partition coefficient (Wildman–Crippen LogP) is 0.352. The van der Waals surface area contributed by atoms with Gasteiger partial charge in [0.2, 0.25) is 15.9 Å². The van der Waals surface area contributed by atoms with Crippen molar-refractivity contribution in [2.75, 3.05) is 39.3 Å². The van der Waals surface area contributed by atoms with Gasteiger partial charge in [0, 0.05) is 32.7 Å². The van der Waals surface area contributed by atoms with Gasteiger partial charge in [0.1, 0.15) is 5.76 Å². The summed E-state index contributed by atoms with van der Waals surface area (Å²) in [6.45, 7) is 4.84. The minimum atomic E-state index is -3.70. The molecule has 1 saturated heterocycles. The smallest absolute Gasteiger partial charge is 0.289 e. The number of carbonyl (C=O) groups is 2. The summed E-state index contributed by atoms with van der Waals surface area (Å²) in [5.74, 6) is 0.836. The van der Waals surface area contributed by atoms with Crippen molar-refractivity contribution < 1.29 is 22.4 Å². The van der Waals surface area contributed by atoms with Gasteiger partial charge >= 0.3 is 0 Å². The number of primary sulfonamides is 1. The molecule has 1 aliphatic heterocycles. The van der Waals surface area contributed by atoms with E-state index in [0.717, 1.165) is 5.56 Å². The Morgan fingerprint density at radius 3 is 2.30 bits per heavy atom. The Labute approximate surface area is 175 Å². The molecule has 2 aromatic rings. The molecule has 1 fully saturated rings. The topological polar surface area (TPSA) is 126 Å². The maximum atomic E-state index is 12.4. The largest absolute Gasteiger partial charge is 0.456 e. The number of piperazine rings is 1. The Balaban J connectivity index is 1.37. The molecule has 3 N–H and O–H groups in total. The van der Waals surface area contributed by atoms with Crippen LogP contribution in [0.1, 0.15) is 21.9 Å². The molecular formula is C20H26N4O5S. The number of furan rings is 1. The van der Waals surface area contributed by atoms with Crippen molar-refractivity contribution in [1.82, 2.24) is 15.1 Å². The fraction of sp³-hybridized carbons (Fsp3) is 0.400. The first-order valence-corrected chi connectivity index (χ1v) is 11.2. The molecule has 1 aliphatic rings. The van der Waals surface area contributed by atoms with Gasteiger partial charge in [-0.25, -0.2) is 13.6 Å². The lowest BCUT2D eigenvalue weighted by molar-refractivity contribution is -0.122. The Kier molecular flexibility index (Phi) is 6.91. The van der Waals surface area contributed by atoms with E-state index in [0.29, 0.717) is 50.7 Å². The summed E-state index contributed by atoms with van der Waals surface area (Å²) >= 11 is 0. The molecule has 2 heterocycles. The summed E-state index contributed by atoms with van der Waals surface area (Å²) in [5, 5.41) is 7.94. The number of sulfonamides is 1. The normalized spacial score (nSPS) is 15.2. The molecule has 10 heteroatoms. The molecule has 0 saturated carbocycles. The first-order valence-electron chi connectivity index (χ1n) is 9.69. The lowest BCUT2D eigenvalue weighted by Crippen LogP contribution is -2.51. The monoisotopic (exact) mass is 434 g/mol. The van der Waals surface area contributed by atoms with Gasteiger partial charge in [-0.05, 0) is 43.2 Å². The molecular weight excluding hydrogens is 408 g/mol. The number of nitrogens with one attached hydrogen (secondary N) is 1. The van der Waals surface area contributed by atoms with Crippen LogP contribution < -0.4 is 10.5 Å². The van der Waals surface area contributed by atoms with Crippen LogP contribution in [0.4, 0.5) is 0 Å². The van der Waals surface area contributed by atoms with Crippen LogP contribution in [0.5, 0.6) is 0 Å². The molecule has 0 unspecified atom stereocenters. The first kappa shape index (κ1) is 22.0. The highest BCUT2D eigenvalue weighted by atomic mass is 32.2. The van der Waals surface area contributed by atoms with Crippen molar-refractivity contribution in [2.24, 2.45) is 5.14 Å². The fourth-order valence-electron chi connectivity index (χ4n) is 3.27. The summed E-state index contributed by atoms with van der Waals surface area (Å²) < 4.78 is 27.9. The molecule has 30 heavy (non-hydrogen) atoms. The van der Waals surface area contributed by atoms with Gasteiger partial charge in [-0.2, -0.15) is 0 Å². The third-order valence-electron chi connectivity index (χ3n) is 4.97. The molecule has 0 aliphatic carbocycles. The van der Waals surface area contributed by atoms with E-state index in [1.807, 2.05) is 4.90 Å². The van der Waals surface area contributed by atoms with E-state index in [1.54, 1.807) is 36.1 Å². The highest BCUT2D eigenvalue weighted by Gasteiger charge is 2.24. The van der Waals surface area contributed by atoms with Crippen molar-refractivity contribution in [1.29, 1.82) is 0 Å². The van der Waals surface area contributed by atoms with E-state index in [9.17, 15) is 18.0 Å². The van der Waals surface area contributed by atoms with Crippen molar-refractivity contribution in [3.05, 3.63) is 53.5 Å². The van der Waals surface area contributed by atoms with Gasteiger partial charge in [0.05, 0.1) is 11.4 Å². The zero-order valence-corrected chi connectivity index (χ0v) is 17.7. The number of hydrogen-bond donors (Lipinski definition) is 2. The highest BCUT2D eigenvalue weighted by molar-refractivity contribution is 7.89. The number of carbonyl (C=O) groups excluding carboxylic acids is 2. The summed E-state index contributed by atoms with van der Waals surface area (Å²) in [6.07, 6.45) is 0.585. The zero-order chi connectivity index (χ0) is 21.7. The Bertz CT molecular complexity index is 992. The van der Waals surface area contributed by atoms with Crippen molar-refractivity contribution in [2.45, 2.75) is 18.2 Å². The Morgan fingerprint density at radius 1 is 1.07 bits per heavy atom. The number of rotatable bonds is 7. The lowest BCUT2D eigenvalue weighted by atomic mass is 10.1. The van der Waals surface area contributed by atoms with E-state index in [1.165, 1.54) is 12.1 Å². The third-order valence-corrected chi connectivity index (χ3v) is 5.89. The molecule has 0 atom stereocenters. The SMILES string of the molecule is Cc1ccc(C(=O)N2CCN(CC(=O)NCCc3ccc(S(N)(=O)=O)cc3)CC2)o1. The second-order valence-electron chi connectivity index (χ2n) is 7.27. The van der Waals surface area contributed by atoms with E-state index in [4.69, 9.17) is 9.56 Å². The maximum absolute atomic E-state index is 12.4. The Hall–Kier alpha value is -2.69. The predicted molar refractivity (Wildman–Crippen MR) is 110 cm³/mol. The van der Waals surface area contributed by atoms with E-state index in [-0.39, 0.29) is 23.3 Å². The van der Waals surface area contributed by atoms with Crippen molar-refractivity contribution in [3.63, 3.8) is 0 Å². The molecule has 0 radical (unpaired) electrons. The van der Waals surface area contributed by atoms with Crippen LogP contribution in [0.25, 0.3) is 0 Å². The van der Waals surface area contributed by atoms with Crippen molar-refractivity contribution in [3.8, 4) is 0 Å². The number of hydrogen-bond acceptors (Lipinski definition) is 6.